The predicted molar refractivity (Wildman–Crippen MR) is 102 cm³/mol. The number of carbonyl (C=O) groups excluding carboxylic acids is 1. The normalized spacial score (nSPS) is 26.0. The quantitative estimate of drug-likeness (QED) is 0.840. The molecule has 2 fully saturated rings. The molecule has 0 atom stereocenters. The summed E-state index contributed by atoms with van der Waals surface area (Å²) in [6, 6.07) is 5.36. The summed E-state index contributed by atoms with van der Waals surface area (Å²) in [5.41, 5.74) is 0.455. The number of likely N-dealkylation sites (tertiary alicyclic amines) is 1. The summed E-state index contributed by atoms with van der Waals surface area (Å²) in [5, 5.41) is 10.5. The zero-order valence-corrected chi connectivity index (χ0v) is 16.5. The number of piperidine rings is 1. The third-order valence-electron chi connectivity index (χ3n) is 6.16. The van der Waals surface area contributed by atoms with Gasteiger partial charge in [-0.05, 0) is 63.1 Å². The molecule has 2 aliphatic rings. The second kappa shape index (κ2) is 7.31. The summed E-state index contributed by atoms with van der Waals surface area (Å²) in [7, 11) is 0. The molecule has 0 aromatic carbocycles. The van der Waals surface area contributed by atoms with Crippen molar-refractivity contribution in [1.82, 2.24) is 14.5 Å². The lowest BCUT2D eigenvalue weighted by Gasteiger charge is -2.43. The van der Waals surface area contributed by atoms with Crippen molar-refractivity contribution in [2.24, 2.45) is 11.8 Å². The van der Waals surface area contributed by atoms with Gasteiger partial charge in [0.05, 0.1) is 5.60 Å². The van der Waals surface area contributed by atoms with E-state index in [4.69, 9.17) is 0 Å². The van der Waals surface area contributed by atoms with Gasteiger partial charge in [-0.15, -0.1) is 0 Å². The van der Waals surface area contributed by atoms with E-state index in [-0.39, 0.29) is 11.8 Å². The van der Waals surface area contributed by atoms with Crippen LogP contribution in [0, 0.1) is 11.8 Å². The maximum atomic E-state index is 12.8. The van der Waals surface area contributed by atoms with E-state index in [0.717, 1.165) is 23.1 Å². The molecule has 2 aromatic rings. The monoisotopic (exact) mass is 409 g/mol. The minimum absolute atomic E-state index is 0.0629. The number of aromatic nitrogens is 2. The van der Waals surface area contributed by atoms with Gasteiger partial charge >= 0.3 is 6.18 Å². The molecule has 0 unspecified atom stereocenters. The number of pyridine rings is 1. The highest BCUT2D eigenvalue weighted by Crippen LogP contribution is 2.39. The summed E-state index contributed by atoms with van der Waals surface area (Å²) in [6.07, 6.45) is 0.637. The lowest BCUT2D eigenvalue weighted by molar-refractivity contribution is -0.151. The van der Waals surface area contributed by atoms with Crippen LogP contribution in [-0.4, -0.2) is 50.3 Å². The molecule has 1 saturated heterocycles. The summed E-state index contributed by atoms with van der Waals surface area (Å²) in [5.74, 6) is 0.436. The molecule has 0 radical (unpaired) electrons. The molecule has 158 valence electrons. The van der Waals surface area contributed by atoms with E-state index in [1.54, 1.807) is 13.0 Å². The van der Waals surface area contributed by atoms with Crippen molar-refractivity contribution in [3.8, 4) is 0 Å². The lowest BCUT2D eigenvalue weighted by atomic mass is 9.71. The molecular weight excluding hydrogens is 383 g/mol. The van der Waals surface area contributed by atoms with Crippen molar-refractivity contribution < 1.29 is 23.1 Å². The van der Waals surface area contributed by atoms with Gasteiger partial charge in [0.25, 0.3) is 0 Å². The molecule has 3 heterocycles. The SMILES string of the molecule is C[C@]1(O)C[C@@H](C(=O)N2CCC(Cc3ccc4ccn(CC(F)(F)F)c4n3)CC2)C1. The third-order valence-corrected chi connectivity index (χ3v) is 6.16. The van der Waals surface area contributed by atoms with E-state index >= 15 is 0 Å². The van der Waals surface area contributed by atoms with Crippen LogP contribution in [0.4, 0.5) is 13.2 Å². The summed E-state index contributed by atoms with van der Waals surface area (Å²) >= 11 is 0. The van der Waals surface area contributed by atoms with Gasteiger partial charge in [0.15, 0.2) is 0 Å². The summed E-state index contributed by atoms with van der Waals surface area (Å²) in [6.45, 7) is 2.10. The Balaban J connectivity index is 1.35. The number of alkyl halides is 3. The third kappa shape index (κ3) is 4.57. The molecule has 2 aromatic heterocycles. The Bertz CT molecular complexity index is 890. The van der Waals surface area contributed by atoms with Gasteiger partial charge in [0.2, 0.25) is 5.91 Å². The zero-order valence-electron chi connectivity index (χ0n) is 16.5. The second-order valence-electron chi connectivity index (χ2n) is 8.85. The van der Waals surface area contributed by atoms with Gasteiger partial charge in [-0.2, -0.15) is 13.2 Å². The smallest absolute Gasteiger partial charge is 0.390 e. The number of aliphatic hydroxyl groups is 1. The first kappa shape index (κ1) is 20.2. The predicted octanol–water partition coefficient (Wildman–Crippen LogP) is 3.54. The van der Waals surface area contributed by atoms with Crippen LogP contribution in [0.5, 0.6) is 0 Å². The molecule has 5 nitrogen and oxygen atoms in total. The number of nitrogens with zero attached hydrogens (tertiary/aromatic N) is 3. The van der Waals surface area contributed by atoms with Crippen molar-refractivity contribution in [3.05, 3.63) is 30.1 Å². The fourth-order valence-corrected chi connectivity index (χ4v) is 4.62. The number of hydrogen-bond acceptors (Lipinski definition) is 3. The number of fused-ring (bicyclic) bond motifs is 1. The highest BCUT2D eigenvalue weighted by atomic mass is 19.4. The van der Waals surface area contributed by atoms with Crippen LogP contribution in [0.3, 0.4) is 0 Å². The topological polar surface area (TPSA) is 58.4 Å². The Labute approximate surface area is 167 Å². The Hall–Kier alpha value is -2.09. The van der Waals surface area contributed by atoms with Crippen LogP contribution >= 0.6 is 0 Å². The van der Waals surface area contributed by atoms with Crippen molar-refractivity contribution in [3.63, 3.8) is 0 Å². The van der Waals surface area contributed by atoms with Crippen LogP contribution in [0.25, 0.3) is 11.0 Å². The number of halogens is 3. The molecule has 0 spiro atoms. The zero-order chi connectivity index (χ0) is 20.8. The minimum atomic E-state index is -4.28. The maximum Gasteiger partial charge on any atom is 0.406 e. The van der Waals surface area contributed by atoms with E-state index in [9.17, 15) is 23.1 Å². The molecule has 1 saturated carbocycles. The molecule has 1 aliphatic heterocycles. The Morgan fingerprint density at radius 1 is 1.24 bits per heavy atom. The molecule has 4 rings (SSSR count). The van der Waals surface area contributed by atoms with Crippen LogP contribution in [0.15, 0.2) is 24.4 Å². The van der Waals surface area contributed by atoms with E-state index in [1.807, 2.05) is 17.0 Å². The highest BCUT2D eigenvalue weighted by molar-refractivity contribution is 5.80. The first-order valence-electron chi connectivity index (χ1n) is 10.1. The molecular formula is C21H26F3N3O2. The fourth-order valence-electron chi connectivity index (χ4n) is 4.62. The Morgan fingerprint density at radius 3 is 2.55 bits per heavy atom. The maximum absolute atomic E-state index is 12.8. The first-order chi connectivity index (χ1) is 13.6. The van der Waals surface area contributed by atoms with Crippen molar-refractivity contribution >= 4 is 16.9 Å². The number of carbonyl (C=O) groups is 1. The van der Waals surface area contributed by atoms with Crippen LogP contribution in [-0.2, 0) is 17.8 Å². The van der Waals surface area contributed by atoms with Gasteiger partial charge in [0, 0.05) is 36.3 Å². The van der Waals surface area contributed by atoms with E-state index in [2.05, 4.69) is 4.98 Å². The molecule has 1 N–H and O–H groups in total. The second-order valence-corrected chi connectivity index (χ2v) is 8.85. The van der Waals surface area contributed by atoms with Gasteiger partial charge < -0.3 is 14.6 Å². The Kier molecular flexibility index (Phi) is 5.09. The van der Waals surface area contributed by atoms with Gasteiger partial charge in [-0.25, -0.2) is 4.98 Å². The van der Waals surface area contributed by atoms with Crippen LogP contribution in [0.1, 0.15) is 38.3 Å². The molecule has 1 aliphatic carbocycles. The number of amides is 1. The van der Waals surface area contributed by atoms with Gasteiger partial charge in [-0.3, -0.25) is 4.79 Å². The van der Waals surface area contributed by atoms with Gasteiger partial charge in [0.1, 0.15) is 12.2 Å². The van der Waals surface area contributed by atoms with E-state index in [0.29, 0.717) is 49.3 Å². The van der Waals surface area contributed by atoms with E-state index < -0.39 is 18.3 Å². The molecule has 0 bridgehead atoms. The van der Waals surface area contributed by atoms with Crippen LogP contribution < -0.4 is 0 Å². The largest absolute Gasteiger partial charge is 0.406 e. The van der Waals surface area contributed by atoms with Crippen LogP contribution in [0.2, 0.25) is 0 Å². The first-order valence-corrected chi connectivity index (χ1v) is 10.1. The molecule has 1 amide bonds. The lowest BCUT2D eigenvalue weighted by Crippen LogP contribution is -2.51. The summed E-state index contributed by atoms with van der Waals surface area (Å²) < 4.78 is 39.4. The summed E-state index contributed by atoms with van der Waals surface area (Å²) in [4.78, 5) is 18.9. The van der Waals surface area contributed by atoms with Crippen molar-refractivity contribution in [2.75, 3.05) is 13.1 Å². The Morgan fingerprint density at radius 2 is 1.93 bits per heavy atom. The highest BCUT2D eigenvalue weighted by Gasteiger charge is 2.44. The molecule has 29 heavy (non-hydrogen) atoms. The van der Waals surface area contributed by atoms with Crippen molar-refractivity contribution in [2.45, 2.75) is 57.3 Å². The number of rotatable bonds is 4. The number of hydrogen-bond donors (Lipinski definition) is 1. The fraction of sp³-hybridized carbons (Fsp3) is 0.619. The van der Waals surface area contributed by atoms with Crippen molar-refractivity contribution in [1.29, 1.82) is 0 Å². The van der Waals surface area contributed by atoms with E-state index in [1.165, 1.54) is 6.20 Å². The molecule has 8 heteroatoms. The average Bonchev–Trinajstić information content (AvgIpc) is 3.00. The average molecular weight is 409 g/mol. The van der Waals surface area contributed by atoms with Gasteiger partial charge in [-0.1, -0.05) is 0 Å². The minimum Gasteiger partial charge on any atom is -0.390 e. The standard InChI is InChI=1S/C21H26F3N3O2/c1-20(29)11-16(12-20)19(28)26-7-4-14(5-8-26)10-17-3-2-15-6-9-27(18(15)25-17)13-21(22,23)24/h2-3,6,9,14,16,29H,4-5,7-8,10-13H2,1H3/t16-,20+.